The third-order valence-corrected chi connectivity index (χ3v) is 6.08. The molecule has 8 nitrogen and oxygen atoms in total. The topological polar surface area (TPSA) is 107 Å². The van der Waals surface area contributed by atoms with E-state index in [9.17, 15) is 30.8 Å². The maximum absolute atomic E-state index is 14.3. The lowest BCUT2D eigenvalue weighted by Crippen LogP contribution is -2.32. The molecule has 2 aromatic heterocycles. The summed E-state index contributed by atoms with van der Waals surface area (Å²) in [4.78, 5) is 20.8. The maximum atomic E-state index is 14.3. The van der Waals surface area contributed by atoms with E-state index in [0.29, 0.717) is 12.3 Å². The molecule has 0 fully saturated rings. The van der Waals surface area contributed by atoms with Crippen LogP contribution >= 0.6 is 0 Å². The normalized spacial score (nSPS) is 11.9. The van der Waals surface area contributed by atoms with Gasteiger partial charge in [0.15, 0.2) is 5.03 Å². The maximum Gasteiger partial charge on any atom is 0.392 e. The van der Waals surface area contributed by atoms with E-state index in [-0.39, 0.29) is 25.8 Å². The van der Waals surface area contributed by atoms with E-state index in [1.54, 1.807) is 13.0 Å². The van der Waals surface area contributed by atoms with Gasteiger partial charge in [-0.3, -0.25) is 4.79 Å². The predicted molar refractivity (Wildman–Crippen MR) is 134 cm³/mol. The summed E-state index contributed by atoms with van der Waals surface area (Å²) in [5.41, 5.74) is 0.197. The first kappa shape index (κ1) is 28.8. The number of hydrogen-bond acceptors (Lipinski definition) is 7. The van der Waals surface area contributed by atoms with Crippen LogP contribution in [0, 0.1) is 18.7 Å². The van der Waals surface area contributed by atoms with Crippen LogP contribution in [0.5, 0.6) is 11.6 Å². The van der Waals surface area contributed by atoms with E-state index in [2.05, 4.69) is 9.97 Å². The fourth-order valence-electron chi connectivity index (χ4n) is 3.10. The molecule has 0 bridgehead atoms. The van der Waals surface area contributed by atoms with Crippen LogP contribution in [0.25, 0.3) is 11.3 Å². The Kier molecular flexibility index (Phi) is 8.92. The van der Waals surface area contributed by atoms with Gasteiger partial charge >= 0.3 is 6.18 Å². The summed E-state index contributed by atoms with van der Waals surface area (Å²) in [6, 6.07) is 10.3. The molecule has 0 aliphatic rings. The van der Waals surface area contributed by atoms with E-state index < -0.39 is 57.4 Å². The fraction of sp³-hybridized carbons (Fsp3) is 0.320. The number of aryl methyl sites for hydroxylation is 1. The summed E-state index contributed by atoms with van der Waals surface area (Å²) < 4.78 is 90.1. The number of benzene rings is 1. The zero-order valence-electron chi connectivity index (χ0n) is 20.7. The summed E-state index contributed by atoms with van der Waals surface area (Å²) in [6.07, 6.45) is -5.90. The Morgan fingerprint density at radius 2 is 1.82 bits per heavy atom. The summed E-state index contributed by atoms with van der Waals surface area (Å²) >= 11 is 0. The second kappa shape index (κ2) is 11.8. The van der Waals surface area contributed by atoms with Crippen LogP contribution in [-0.2, 0) is 10.0 Å². The van der Waals surface area contributed by atoms with Crippen LogP contribution in [0.1, 0.15) is 39.2 Å². The Labute approximate surface area is 220 Å². The van der Waals surface area contributed by atoms with E-state index in [1.807, 2.05) is 18.6 Å². The number of alkyl halides is 3. The van der Waals surface area contributed by atoms with Gasteiger partial charge in [-0.1, -0.05) is 19.9 Å². The number of nitrogens with one attached hydrogen (secondary N) is 1. The van der Waals surface area contributed by atoms with Crippen molar-refractivity contribution in [2.75, 3.05) is 13.2 Å². The Balaban J connectivity index is 0.00000400. The highest BCUT2D eigenvalue weighted by molar-refractivity contribution is 7.90. The number of carbonyl (C=O) groups excluding carboxylic acids is 1. The standard InChI is InChI=1S/C25H25F4N3O5S.2H2/c1-15(2)14-37-19-12-17(11-18(26)13-19)21-8-7-20(24(31-21)36-10-9-25(27,28)29)23(33)32-38(34,35)22-6-4-5-16(3)30-22;;/h4-8,11-13,15H,9-10,14H2,1-3H3,(H,32,33);2*1H. The zero-order chi connectivity index (χ0) is 28.1. The molecule has 13 heteroatoms. The number of ether oxygens (including phenoxy) is 2. The predicted octanol–water partition coefficient (Wildman–Crippen LogP) is 5.57. The molecule has 0 radical (unpaired) electrons. The number of halogens is 4. The van der Waals surface area contributed by atoms with Crippen molar-refractivity contribution < 1.29 is 43.1 Å². The molecule has 38 heavy (non-hydrogen) atoms. The second-order valence-electron chi connectivity index (χ2n) is 8.70. The van der Waals surface area contributed by atoms with Crippen LogP contribution in [0.3, 0.4) is 0 Å². The van der Waals surface area contributed by atoms with Gasteiger partial charge in [0.05, 0.1) is 25.3 Å². The van der Waals surface area contributed by atoms with E-state index in [1.165, 1.54) is 30.3 Å². The third-order valence-electron chi connectivity index (χ3n) is 4.84. The first-order valence-corrected chi connectivity index (χ1v) is 12.9. The quantitative estimate of drug-likeness (QED) is 0.324. The molecule has 0 aliphatic carbocycles. The van der Waals surface area contributed by atoms with Crippen LogP contribution in [0.15, 0.2) is 53.6 Å². The highest BCUT2D eigenvalue weighted by Gasteiger charge is 2.28. The lowest BCUT2D eigenvalue weighted by Gasteiger charge is -2.14. The van der Waals surface area contributed by atoms with Crippen molar-refractivity contribution in [1.82, 2.24) is 14.7 Å². The second-order valence-corrected chi connectivity index (χ2v) is 10.3. The summed E-state index contributed by atoms with van der Waals surface area (Å²) in [5, 5.41) is -0.427. The molecule has 3 rings (SSSR count). The number of sulfonamides is 1. The van der Waals surface area contributed by atoms with Gasteiger partial charge in [0.25, 0.3) is 15.9 Å². The van der Waals surface area contributed by atoms with Gasteiger partial charge < -0.3 is 9.47 Å². The minimum Gasteiger partial charge on any atom is -0.493 e. The van der Waals surface area contributed by atoms with Crippen molar-refractivity contribution in [2.24, 2.45) is 5.92 Å². The van der Waals surface area contributed by atoms with Crippen LogP contribution < -0.4 is 14.2 Å². The molecular weight excluding hydrogens is 530 g/mol. The Bertz CT molecular complexity index is 1420. The van der Waals surface area contributed by atoms with Gasteiger partial charge in [0.2, 0.25) is 5.88 Å². The summed E-state index contributed by atoms with van der Waals surface area (Å²) in [6.45, 7) is 4.79. The molecule has 2 heterocycles. The average molecular weight is 560 g/mol. The molecule has 1 N–H and O–H groups in total. The van der Waals surface area contributed by atoms with Gasteiger partial charge in [0, 0.05) is 20.2 Å². The lowest BCUT2D eigenvalue weighted by molar-refractivity contribution is -0.139. The molecule has 1 aromatic carbocycles. The fourth-order valence-corrected chi connectivity index (χ4v) is 4.08. The largest absolute Gasteiger partial charge is 0.493 e. The Morgan fingerprint density at radius 1 is 1.08 bits per heavy atom. The number of pyridine rings is 2. The first-order valence-electron chi connectivity index (χ1n) is 11.4. The smallest absolute Gasteiger partial charge is 0.392 e. The van der Waals surface area contributed by atoms with Crippen molar-refractivity contribution >= 4 is 15.9 Å². The molecule has 0 saturated heterocycles. The molecule has 1 amide bonds. The number of carbonyl (C=O) groups is 1. The van der Waals surface area contributed by atoms with Crippen molar-refractivity contribution in [3.05, 3.63) is 65.6 Å². The van der Waals surface area contributed by atoms with Gasteiger partial charge in [-0.2, -0.15) is 21.6 Å². The molecule has 0 spiro atoms. The first-order chi connectivity index (χ1) is 17.7. The average Bonchev–Trinajstić information content (AvgIpc) is 2.81. The molecular formula is C25H29F4N3O5S. The highest BCUT2D eigenvalue weighted by Crippen LogP contribution is 2.29. The van der Waals surface area contributed by atoms with Crippen molar-refractivity contribution in [2.45, 2.75) is 38.4 Å². The number of amides is 1. The lowest BCUT2D eigenvalue weighted by atomic mass is 10.1. The zero-order valence-corrected chi connectivity index (χ0v) is 21.5. The minimum absolute atomic E-state index is 0. The number of hydrogen-bond donors (Lipinski definition) is 1. The number of rotatable bonds is 10. The molecule has 0 atom stereocenters. The minimum atomic E-state index is -4.55. The SMILES string of the molecule is Cc1cccc(S(=O)(=O)NC(=O)c2ccc(-c3cc(F)cc(OCC(C)C)c3)nc2OCCC(F)(F)F)n1.[HH].[HH]. The van der Waals surface area contributed by atoms with Crippen molar-refractivity contribution in [1.29, 1.82) is 0 Å². The van der Waals surface area contributed by atoms with Gasteiger partial charge in [0.1, 0.15) is 17.1 Å². The Hall–Kier alpha value is -3.74. The molecule has 208 valence electrons. The Morgan fingerprint density at radius 3 is 2.47 bits per heavy atom. The van der Waals surface area contributed by atoms with Crippen LogP contribution in [0.2, 0.25) is 0 Å². The number of nitrogens with zero attached hydrogens (tertiary/aromatic N) is 2. The molecule has 0 aliphatic heterocycles. The molecule has 0 unspecified atom stereocenters. The molecule has 3 aromatic rings. The highest BCUT2D eigenvalue weighted by atomic mass is 32.2. The van der Waals surface area contributed by atoms with Crippen LogP contribution in [-0.4, -0.2) is 43.7 Å². The molecule has 0 saturated carbocycles. The van der Waals surface area contributed by atoms with Gasteiger partial charge in [-0.05, 0) is 49.2 Å². The van der Waals surface area contributed by atoms with Crippen molar-refractivity contribution in [3.63, 3.8) is 0 Å². The van der Waals surface area contributed by atoms with E-state index in [4.69, 9.17) is 9.47 Å². The summed E-state index contributed by atoms with van der Waals surface area (Å²) in [7, 11) is -4.42. The monoisotopic (exact) mass is 559 g/mol. The van der Waals surface area contributed by atoms with Gasteiger partial charge in [-0.25, -0.2) is 19.1 Å². The summed E-state index contributed by atoms with van der Waals surface area (Å²) in [5.74, 6) is -2.05. The van der Waals surface area contributed by atoms with Crippen molar-refractivity contribution in [3.8, 4) is 22.9 Å². The number of aromatic nitrogens is 2. The van der Waals surface area contributed by atoms with Crippen LogP contribution in [0.4, 0.5) is 17.6 Å². The van der Waals surface area contributed by atoms with Gasteiger partial charge in [-0.15, -0.1) is 0 Å². The third kappa shape index (κ3) is 8.13. The van der Waals surface area contributed by atoms with E-state index in [0.717, 1.165) is 12.1 Å². The van der Waals surface area contributed by atoms with E-state index >= 15 is 0 Å².